The topological polar surface area (TPSA) is 49.3 Å². The zero-order valence-electron chi connectivity index (χ0n) is 20.1. The first kappa shape index (κ1) is 23.0. The van der Waals surface area contributed by atoms with E-state index in [1.165, 1.54) is 29.5 Å². The highest BCUT2D eigenvalue weighted by Gasteiger charge is 2.25. The van der Waals surface area contributed by atoms with Crippen LogP contribution in [-0.4, -0.2) is 47.0 Å². The number of amides is 1. The summed E-state index contributed by atoms with van der Waals surface area (Å²) >= 11 is 0. The number of benzene rings is 2. The minimum atomic E-state index is 0.122. The number of rotatable bonds is 7. The van der Waals surface area contributed by atoms with Crippen LogP contribution in [0.15, 0.2) is 54.6 Å². The highest BCUT2D eigenvalue weighted by Crippen LogP contribution is 2.25. The first-order valence-electron chi connectivity index (χ1n) is 12.1. The van der Waals surface area contributed by atoms with Crippen LogP contribution in [-0.2, 0) is 12.8 Å². The summed E-state index contributed by atoms with van der Waals surface area (Å²) in [6, 6.07) is 18.6. The van der Waals surface area contributed by atoms with Gasteiger partial charge in [-0.3, -0.25) is 4.79 Å². The van der Waals surface area contributed by atoms with E-state index in [0.717, 1.165) is 48.8 Å². The molecule has 1 fully saturated rings. The Hall–Kier alpha value is -3.21. The van der Waals surface area contributed by atoms with Crippen LogP contribution in [0, 0.1) is 13.8 Å². The summed E-state index contributed by atoms with van der Waals surface area (Å²) in [6.45, 7) is 9.17. The zero-order valence-corrected chi connectivity index (χ0v) is 20.1. The fourth-order valence-electron chi connectivity index (χ4n) is 4.49. The Kier molecular flexibility index (Phi) is 7.38. The molecule has 0 unspecified atom stereocenters. The maximum atomic E-state index is 13.1. The maximum Gasteiger partial charge on any atom is 0.253 e. The number of unbranched alkanes of at least 4 members (excludes halogenated alkanes) is 1. The van der Waals surface area contributed by atoms with Gasteiger partial charge in [0, 0.05) is 49.4 Å². The van der Waals surface area contributed by atoms with Crippen LogP contribution in [0.4, 0.5) is 5.82 Å². The fourth-order valence-corrected chi connectivity index (χ4v) is 4.49. The normalized spacial score (nSPS) is 13.9. The molecule has 0 bridgehead atoms. The number of aryl methyl sites for hydroxylation is 3. The van der Waals surface area contributed by atoms with Gasteiger partial charge in [-0.25, -0.2) is 9.97 Å². The van der Waals surface area contributed by atoms with Crippen LogP contribution in [0.25, 0.3) is 0 Å². The van der Waals surface area contributed by atoms with Crippen LogP contribution < -0.4 is 4.90 Å². The highest BCUT2D eigenvalue weighted by molar-refractivity contribution is 5.94. The monoisotopic (exact) mass is 442 g/mol. The van der Waals surface area contributed by atoms with Gasteiger partial charge in [-0.1, -0.05) is 55.8 Å². The lowest BCUT2D eigenvalue weighted by atomic mass is 10.0. The van der Waals surface area contributed by atoms with E-state index in [1.807, 2.05) is 30.0 Å². The van der Waals surface area contributed by atoms with Crippen molar-refractivity contribution in [3.63, 3.8) is 0 Å². The molecule has 0 spiro atoms. The molecule has 1 aromatic heterocycles. The van der Waals surface area contributed by atoms with Gasteiger partial charge in [0.25, 0.3) is 5.91 Å². The van der Waals surface area contributed by atoms with Crippen LogP contribution in [0.5, 0.6) is 0 Å². The third kappa shape index (κ3) is 5.59. The summed E-state index contributed by atoms with van der Waals surface area (Å²) in [6.07, 6.45) is 4.26. The van der Waals surface area contributed by atoms with Gasteiger partial charge < -0.3 is 9.80 Å². The molecule has 2 aromatic carbocycles. The smallest absolute Gasteiger partial charge is 0.253 e. The molecule has 2 heterocycles. The minimum absolute atomic E-state index is 0.122. The molecule has 0 saturated carbocycles. The Balaban J connectivity index is 1.45. The highest BCUT2D eigenvalue weighted by atomic mass is 16.2. The summed E-state index contributed by atoms with van der Waals surface area (Å²) in [5.74, 6) is 1.92. The number of nitrogens with zero attached hydrogens (tertiary/aromatic N) is 4. The number of anilines is 1. The quantitative estimate of drug-likeness (QED) is 0.517. The second-order valence-corrected chi connectivity index (χ2v) is 8.90. The lowest BCUT2D eigenvalue weighted by molar-refractivity contribution is 0.0746. The first-order valence-corrected chi connectivity index (χ1v) is 12.1. The van der Waals surface area contributed by atoms with E-state index in [2.05, 4.69) is 60.1 Å². The molecule has 0 aliphatic carbocycles. The second kappa shape index (κ2) is 10.6. The predicted molar refractivity (Wildman–Crippen MR) is 134 cm³/mol. The minimum Gasteiger partial charge on any atom is -0.353 e. The third-order valence-electron chi connectivity index (χ3n) is 6.41. The molecule has 1 aliphatic rings. The predicted octanol–water partition coefficient (Wildman–Crippen LogP) is 4.99. The number of carbonyl (C=O) groups excluding carboxylic acids is 1. The van der Waals surface area contributed by atoms with E-state index in [1.54, 1.807) is 0 Å². The number of piperazine rings is 1. The lowest BCUT2D eigenvalue weighted by Crippen LogP contribution is -2.49. The summed E-state index contributed by atoms with van der Waals surface area (Å²) in [5.41, 5.74) is 5.55. The van der Waals surface area contributed by atoms with Gasteiger partial charge in [0.05, 0.1) is 0 Å². The summed E-state index contributed by atoms with van der Waals surface area (Å²) in [5, 5.41) is 0. The van der Waals surface area contributed by atoms with Crippen molar-refractivity contribution in [3.05, 3.63) is 88.4 Å². The molecular formula is C28H34N4O. The average Bonchev–Trinajstić information content (AvgIpc) is 2.85. The molecule has 1 saturated heterocycles. The third-order valence-corrected chi connectivity index (χ3v) is 6.41. The number of aromatic nitrogens is 2. The number of hydrogen-bond acceptors (Lipinski definition) is 4. The molecule has 1 aliphatic heterocycles. The van der Waals surface area contributed by atoms with Gasteiger partial charge in [-0.2, -0.15) is 0 Å². The molecule has 33 heavy (non-hydrogen) atoms. The van der Waals surface area contributed by atoms with E-state index in [9.17, 15) is 4.79 Å². The van der Waals surface area contributed by atoms with Crippen molar-refractivity contribution in [3.8, 4) is 0 Å². The first-order chi connectivity index (χ1) is 16.0. The molecular weight excluding hydrogens is 408 g/mol. The second-order valence-electron chi connectivity index (χ2n) is 8.90. The maximum absolute atomic E-state index is 13.1. The number of carbonyl (C=O) groups is 1. The van der Waals surface area contributed by atoms with Gasteiger partial charge in [0.1, 0.15) is 11.6 Å². The van der Waals surface area contributed by atoms with Crippen molar-refractivity contribution in [2.24, 2.45) is 0 Å². The standard InChI is InChI=1S/C28H34N4O/c1-4-5-9-23-12-14-25(15-13-23)28(33)32-18-16-31(17-19-32)27-26(21(2)29-22(3)30-27)20-24-10-7-6-8-11-24/h6-8,10-15H,4-5,9,16-20H2,1-3H3. The number of hydrogen-bond donors (Lipinski definition) is 0. The van der Waals surface area contributed by atoms with E-state index < -0.39 is 0 Å². The van der Waals surface area contributed by atoms with Crippen LogP contribution in [0.1, 0.15) is 58.3 Å². The van der Waals surface area contributed by atoms with Crippen molar-refractivity contribution < 1.29 is 4.79 Å². The van der Waals surface area contributed by atoms with Gasteiger partial charge in [0.2, 0.25) is 0 Å². The van der Waals surface area contributed by atoms with Crippen molar-refractivity contribution in [1.82, 2.24) is 14.9 Å². The fraction of sp³-hybridized carbons (Fsp3) is 0.393. The van der Waals surface area contributed by atoms with Gasteiger partial charge >= 0.3 is 0 Å². The van der Waals surface area contributed by atoms with Crippen molar-refractivity contribution in [2.75, 3.05) is 31.1 Å². The largest absolute Gasteiger partial charge is 0.353 e. The Morgan fingerprint density at radius 2 is 1.58 bits per heavy atom. The zero-order chi connectivity index (χ0) is 23.2. The van der Waals surface area contributed by atoms with Crippen molar-refractivity contribution >= 4 is 11.7 Å². The SMILES string of the molecule is CCCCc1ccc(C(=O)N2CCN(c3nc(C)nc(C)c3Cc3ccccc3)CC2)cc1. The Morgan fingerprint density at radius 1 is 0.879 bits per heavy atom. The summed E-state index contributed by atoms with van der Waals surface area (Å²) < 4.78 is 0. The molecule has 0 radical (unpaired) electrons. The van der Waals surface area contributed by atoms with Gasteiger partial charge in [-0.15, -0.1) is 0 Å². The molecule has 1 amide bonds. The Bertz CT molecular complexity index is 1070. The molecule has 0 atom stereocenters. The van der Waals surface area contributed by atoms with Crippen molar-refractivity contribution in [1.29, 1.82) is 0 Å². The van der Waals surface area contributed by atoms with Gasteiger partial charge in [-0.05, 0) is 49.9 Å². The average molecular weight is 443 g/mol. The molecule has 5 nitrogen and oxygen atoms in total. The van der Waals surface area contributed by atoms with E-state index in [-0.39, 0.29) is 5.91 Å². The Labute approximate surface area is 197 Å². The van der Waals surface area contributed by atoms with E-state index >= 15 is 0 Å². The summed E-state index contributed by atoms with van der Waals surface area (Å²) in [7, 11) is 0. The molecule has 4 rings (SSSR count). The van der Waals surface area contributed by atoms with E-state index in [4.69, 9.17) is 4.98 Å². The lowest BCUT2D eigenvalue weighted by Gasteiger charge is -2.36. The Morgan fingerprint density at radius 3 is 2.24 bits per heavy atom. The molecule has 172 valence electrons. The van der Waals surface area contributed by atoms with Crippen LogP contribution in [0.2, 0.25) is 0 Å². The van der Waals surface area contributed by atoms with Crippen LogP contribution in [0.3, 0.4) is 0 Å². The summed E-state index contributed by atoms with van der Waals surface area (Å²) in [4.78, 5) is 26.8. The van der Waals surface area contributed by atoms with Crippen molar-refractivity contribution in [2.45, 2.75) is 46.5 Å². The van der Waals surface area contributed by atoms with Crippen LogP contribution >= 0.6 is 0 Å². The molecule has 3 aromatic rings. The molecule has 0 N–H and O–H groups in total. The molecule has 5 heteroatoms. The van der Waals surface area contributed by atoms with Gasteiger partial charge in [0.15, 0.2) is 0 Å². The van der Waals surface area contributed by atoms with E-state index in [0.29, 0.717) is 13.1 Å².